The molecule has 0 saturated carbocycles. The van der Waals surface area contributed by atoms with E-state index in [2.05, 4.69) is 4.99 Å². The predicted octanol–water partition coefficient (Wildman–Crippen LogP) is 7.19. The van der Waals surface area contributed by atoms with Gasteiger partial charge in [0.25, 0.3) is 11.2 Å². The van der Waals surface area contributed by atoms with Crippen LogP contribution in [0.4, 0.5) is 5.69 Å². The molecule has 0 fully saturated rings. The van der Waals surface area contributed by atoms with Crippen LogP contribution >= 0.6 is 46.1 Å². The van der Waals surface area contributed by atoms with Crippen molar-refractivity contribution < 1.29 is 23.3 Å². The van der Waals surface area contributed by atoms with Crippen LogP contribution in [0.2, 0.25) is 15.1 Å². The molecule has 0 aliphatic carbocycles. The molecule has 1 atom stereocenters. The fraction of sp³-hybridized carbons (Fsp3) is 0.129. The molecule has 2 aromatic carbocycles. The van der Waals surface area contributed by atoms with E-state index in [1.807, 2.05) is 0 Å². The van der Waals surface area contributed by atoms with Gasteiger partial charge in [0.05, 0.1) is 37.4 Å². The summed E-state index contributed by atoms with van der Waals surface area (Å²) in [6.45, 7) is 3.48. The second-order valence-corrected chi connectivity index (χ2v) is 12.0. The minimum Gasteiger partial charge on any atom is -0.463 e. The largest absolute Gasteiger partial charge is 0.463 e. The average molecular weight is 685 g/mol. The van der Waals surface area contributed by atoms with E-state index in [1.165, 1.54) is 16.7 Å². The van der Waals surface area contributed by atoms with E-state index in [4.69, 9.17) is 48.4 Å². The molecule has 0 bridgehead atoms. The Bertz CT molecular complexity index is 2230. The van der Waals surface area contributed by atoms with Gasteiger partial charge in [0.1, 0.15) is 34.1 Å². The number of hydrogen-bond donors (Lipinski definition) is 0. The molecule has 10 nitrogen and oxygen atoms in total. The fourth-order valence-electron chi connectivity index (χ4n) is 4.89. The van der Waals surface area contributed by atoms with Crippen LogP contribution < -0.4 is 14.9 Å². The highest BCUT2D eigenvalue weighted by molar-refractivity contribution is 7.07. The highest BCUT2D eigenvalue weighted by Crippen LogP contribution is 2.36. The molecule has 5 aromatic rings. The molecule has 4 heterocycles. The van der Waals surface area contributed by atoms with Gasteiger partial charge in [0, 0.05) is 23.3 Å². The molecule has 14 heteroatoms. The van der Waals surface area contributed by atoms with E-state index in [0.29, 0.717) is 54.7 Å². The molecule has 45 heavy (non-hydrogen) atoms. The number of allylic oxidation sites excluding steroid dienone is 1. The number of hydrogen-bond acceptors (Lipinski definition) is 9. The number of rotatable bonds is 7. The van der Waals surface area contributed by atoms with E-state index in [-0.39, 0.29) is 27.4 Å². The molecule has 3 aromatic heterocycles. The third-order valence-electron chi connectivity index (χ3n) is 6.94. The van der Waals surface area contributed by atoms with Crippen LogP contribution in [0.25, 0.3) is 28.7 Å². The Morgan fingerprint density at radius 2 is 1.71 bits per heavy atom. The minimum absolute atomic E-state index is 0.00400. The van der Waals surface area contributed by atoms with Gasteiger partial charge < -0.3 is 13.6 Å². The summed E-state index contributed by atoms with van der Waals surface area (Å²) < 4.78 is 19.1. The summed E-state index contributed by atoms with van der Waals surface area (Å²) in [5.74, 6) is 0.807. The number of aromatic nitrogens is 1. The highest BCUT2D eigenvalue weighted by Gasteiger charge is 2.35. The third-order valence-corrected chi connectivity index (χ3v) is 8.99. The minimum atomic E-state index is -0.972. The van der Waals surface area contributed by atoms with E-state index < -0.39 is 22.5 Å². The predicted molar refractivity (Wildman–Crippen MR) is 170 cm³/mol. The second-order valence-electron chi connectivity index (χ2n) is 9.76. The van der Waals surface area contributed by atoms with E-state index >= 15 is 0 Å². The molecular weight excluding hydrogens is 665 g/mol. The lowest BCUT2D eigenvalue weighted by Gasteiger charge is -2.22. The van der Waals surface area contributed by atoms with Gasteiger partial charge in [-0.15, -0.1) is 0 Å². The van der Waals surface area contributed by atoms with Gasteiger partial charge in [0.2, 0.25) is 0 Å². The van der Waals surface area contributed by atoms with Crippen LogP contribution in [0.1, 0.15) is 31.4 Å². The summed E-state index contributed by atoms with van der Waals surface area (Å²) in [6.07, 6.45) is 1.54. The topological polar surface area (TPSA) is 130 Å². The average Bonchev–Trinajstić information content (AvgIpc) is 3.74. The number of benzene rings is 2. The molecule has 6 rings (SSSR count). The molecular formula is C31H20Cl3N3O7S. The Balaban J connectivity index is 1.44. The molecule has 0 N–H and O–H groups in total. The summed E-state index contributed by atoms with van der Waals surface area (Å²) in [5.41, 5.74) is 0.941. The van der Waals surface area contributed by atoms with Crippen molar-refractivity contribution in [3.63, 3.8) is 0 Å². The van der Waals surface area contributed by atoms with Gasteiger partial charge in [-0.2, -0.15) is 0 Å². The number of thiazole rings is 1. The molecule has 1 aliphatic rings. The second kappa shape index (κ2) is 12.2. The number of carbonyl (C=O) groups excluding carboxylic acids is 1. The first kappa shape index (κ1) is 30.6. The van der Waals surface area contributed by atoms with Crippen LogP contribution in [0.5, 0.6) is 0 Å². The molecule has 0 amide bonds. The zero-order valence-electron chi connectivity index (χ0n) is 23.4. The molecule has 1 aliphatic heterocycles. The van der Waals surface area contributed by atoms with Gasteiger partial charge in [-0.3, -0.25) is 19.5 Å². The number of ether oxygens (including phenoxy) is 1. The van der Waals surface area contributed by atoms with Crippen LogP contribution in [-0.2, 0) is 9.53 Å². The summed E-state index contributed by atoms with van der Waals surface area (Å²) in [4.78, 5) is 42.8. The van der Waals surface area contributed by atoms with Crippen molar-refractivity contribution >= 4 is 63.9 Å². The number of halogens is 3. The van der Waals surface area contributed by atoms with Crippen molar-refractivity contribution in [2.45, 2.75) is 19.9 Å². The van der Waals surface area contributed by atoms with Gasteiger partial charge in [-0.25, -0.2) is 9.79 Å². The number of esters is 1. The lowest BCUT2D eigenvalue weighted by atomic mass is 10.0. The standard InChI is InChI=1S/C31H20Cl3N3O7S/c1-3-42-30(39)27-15(2)35-31-36(28(27)25-11-10-24(44-25)16-4-7-19(32)21(34)12-16)29(38)26(45-31)14-18-6-9-23(43-18)17-5-8-20(33)22(13-17)37(40)41/h4-14,28H,3H2,1-2H3/b26-14-/t28-/m0/s1. The first-order valence-corrected chi connectivity index (χ1v) is 15.3. The van der Waals surface area contributed by atoms with E-state index in [1.54, 1.807) is 68.5 Å². The molecule has 0 unspecified atom stereocenters. The Kier molecular flexibility index (Phi) is 8.27. The van der Waals surface area contributed by atoms with Crippen LogP contribution in [-0.4, -0.2) is 22.1 Å². The lowest BCUT2D eigenvalue weighted by molar-refractivity contribution is -0.384. The maximum Gasteiger partial charge on any atom is 0.338 e. The maximum atomic E-state index is 13.9. The molecule has 228 valence electrons. The van der Waals surface area contributed by atoms with Gasteiger partial charge in [0.15, 0.2) is 4.80 Å². The van der Waals surface area contributed by atoms with Crippen molar-refractivity contribution in [3.8, 4) is 22.6 Å². The first-order chi connectivity index (χ1) is 21.5. The van der Waals surface area contributed by atoms with E-state index in [0.717, 1.165) is 11.3 Å². The quantitative estimate of drug-likeness (QED) is 0.101. The van der Waals surface area contributed by atoms with Crippen LogP contribution in [0.3, 0.4) is 0 Å². The third kappa shape index (κ3) is 5.75. The number of furan rings is 2. The summed E-state index contributed by atoms with van der Waals surface area (Å²) in [6, 6.07) is 15.1. The van der Waals surface area contributed by atoms with Crippen molar-refractivity contribution in [2.24, 2.45) is 4.99 Å². The number of fused-ring (bicyclic) bond motifs is 1. The number of carbonyl (C=O) groups is 1. The monoisotopic (exact) mass is 683 g/mol. The summed E-state index contributed by atoms with van der Waals surface area (Å²) in [5, 5.41) is 12.1. The number of nitro benzene ring substituents is 1. The van der Waals surface area contributed by atoms with Gasteiger partial charge in [-0.1, -0.05) is 46.1 Å². The van der Waals surface area contributed by atoms with Crippen molar-refractivity contribution in [1.29, 1.82) is 0 Å². The molecule has 0 radical (unpaired) electrons. The summed E-state index contributed by atoms with van der Waals surface area (Å²) in [7, 11) is 0. The fourth-order valence-corrected chi connectivity index (χ4v) is 6.40. The lowest BCUT2D eigenvalue weighted by Crippen LogP contribution is -2.39. The van der Waals surface area contributed by atoms with Gasteiger partial charge in [-0.05, 0) is 68.4 Å². The number of nitro groups is 1. The van der Waals surface area contributed by atoms with Crippen LogP contribution in [0, 0.1) is 10.1 Å². The smallest absolute Gasteiger partial charge is 0.338 e. The Hall–Kier alpha value is -4.42. The van der Waals surface area contributed by atoms with Crippen molar-refractivity contribution in [2.75, 3.05) is 6.61 Å². The Morgan fingerprint density at radius 1 is 1.02 bits per heavy atom. The summed E-state index contributed by atoms with van der Waals surface area (Å²) >= 11 is 19.3. The van der Waals surface area contributed by atoms with E-state index in [9.17, 15) is 19.7 Å². The SMILES string of the molecule is CCOC(=O)C1=C(C)N=c2s/c(=C\c3ccc(-c4ccc(Cl)c([N+](=O)[O-])c4)o3)c(=O)n2[C@H]1c1ccc(-c2ccc(Cl)c(Cl)c2)o1. The Labute approximate surface area is 273 Å². The first-order valence-electron chi connectivity index (χ1n) is 13.3. The maximum absolute atomic E-state index is 13.9. The van der Waals surface area contributed by atoms with Gasteiger partial charge >= 0.3 is 5.97 Å². The molecule has 0 spiro atoms. The number of nitrogens with zero attached hydrogens (tertiary/aromatic N) is 3. The molecule has 0 saturated heterocycles. The Morgan fingerprint density at radius 3 is 2.42 bits per heavy atom. The highest BCUT2D eigenvalue weighted by atomic mass is 35.5. The normalized spacial score (nSPS) is 14.8. The zero-order valence-corrected chi connectivity index (χ0v) is 26.5. The van der Waals surface area contributed by atoms with Crippen molar-refractivity contribution in [1.82, 2.24) is 4.57 Å². The zero-order chi connectivity index (χ0) is 32.0. The van der Waals surface area contributed by atoms with Crippen molar-refractivity contribution in [3.05, 3.63) is 128 Å². The van der Waals surface area contributed by atoms with Crippen LogP contribution in [0.15, 0.2) is 90.6 Å².